The predicted molar refractivity (Wildman–Crippen MR) is 70.8 cm³/mol. The van der Waals surface area contributed by atoms with Crippen LogP contribution in [0, 0.1) is 0 Å². The molecule has 0 aliphatic carbocycles. The van der Waals surface area contributed by atoms with Crippen molar-refractivity contribution in [1.82, 2.24) is 15.0 Å². The van der Waals surface area contributed by atoms with Gasteiger partial charge in [0.1, 0.15) is 0 Å². The van der Waals surface area contributed by atoms with E-state index in [9.17, 15) is 10.2 Å². The number of benzene rings is 1. The number of aliphatic hydroxyl groups excluding tert-OH is 2. The standard InChI is InChI=1S/C14H17N3O3/c18-11-7-17(8-12(11)19)9-14-15-13(16-20-14)6-10-4-2-1-3-5-10/h1-5,11-12,18-19H,6-9H2. The summed E-state index contributed by atoms with van der Waals surface area (Å²) in [7, 11) is 0. The zero-order valence-electron chi connectivity index (χ0n) is 11.0. The van der Waals surface area contributed by atoms with Crippen molar-refractivity contribution in [2.45, 2.75) is 25.2 Å². The lowest BCUT2D eigenvalue weighted by atomic mass is 10.1. The average Bonchev–Trinajstić information content (AvgIpc) is 2.99. The molecule has 2 unspecified atom stereocenters. The van der Waals surface area contributed by atoms with E-state index in [1.54, 1.807) is 0 Å². The molecule has 2 atom stereocenters. The average molecular weight is 275 g/mol. The Labute approximate surface area is 116 Å². The van der Waals surface area contributed by atoms with Crippen LogP contribution in [0.25, 0.3) is 0 Å². The summed E-state index contributed by atoms with van der Waals surface area (Å²) >= 11 is 0. The van der Waals surface area contributed by atoms with Crippen LogP contribution in [0.15, 0.2) is 34.9 Å². The van der Waals surface area contributed by atoms with Gasteiger partial charge in [0, 0.05) is 19.5 Å². The fourth-order valence-electron chi connectivity index (χ4n) is 2.37. The van der Waals surface area contributed by atoms with E-state index in [0.29, 0.717) is 37.8 Å². The van der Waals surface area contributed by atoms with Gasteiger partial charge in [-0.2, -0.15) is 4.98 Å². The van der Waals surface area contributed by atoms with E-state index < -0.39 is 12.2 Å². The normalized spacial score (nSPS) is 23.3. The summed E-state index contributed by atoms with van der Waals surface area (Å²) < 4.78 is 5.20. The van der Waals surface area contributed by atoms with Crippen LogP contribution >= 0.6 is 0 Å². The lowest BCUT2D eigenvalue weighted by Gasteiger charge is -2.10. The molecular weight excluding hydrogens is 258 g/mol. The molecule has 1 fully saturated rings. The molecule has 1 aromatic carbocycles. The third-order valence-electron chi connectivity index (χ3n) is 3.41. The van der Waals surface area contributed by atoms with Crippen LogP contribution in [0.1, 0.15) is 17.3 Å². The lowest BCUT2D eigenvalue weighted by molar-refractivity contribution is 0.0572. The summed E-state index contributed by atoms with van der Waals surface area (Å²) in [5, 5.41) is 22.9. The molecule has 0 bridgehead atoms. The number of hydrogen-bond acceptors (Lipinski definition) is 6. The molecule has 0 amide bonds. The maximum atomic E-state index is 9.49. The Morgan fingerprint density at radius 1 is 1.15 bits per heavy atom. The first-order chi connectivity index (χ1) is 9.70. The molecule has 106 valence electrons. The highest BCUT2D eigenvalue weighted by Gasteiger charge is 2.30. The molecule has 6 nitrogen and oxygen atoms in total. The maximum absolute atomic E-state index is 9.49. The molecule has 0 saturated carbocycles. The zero-order chi connectivity index (χ0) is 13.9. The van der Waals surface area contributed by atoms with Gasteiger partial charge in [-0.1, -0.05) is 35.5 Å². The zero-order valence-corrected chi connectivity index (χ0v) is 11.0. The van der Waals surface area contributed by atoms with Crippen molar-refractivity contribution in [3.8, 4) is 0 Å². The van der Waals surface area contributed by atoms with Gasteiger partial charge >= 0.3 is 0 Å². The summed E-state index contributed by atoms with van der Waals surface area (Å²) in [6.45, 7) is 1.31. The molecule has 0 spiro atoms. The molecule has 2 N–H and O–H groups in total. The second-order valence-electron chi connectivity index (χ2n) is 5.10. The van der Waals surface area contributed by atoms with Gasteiger partial charge in [-0.25, -0.2) is 0 Å². The van der Waals surface area contributed by atoms with Crippen LogP contribution in [-0.2, 0) is 13.0 Å². The molecular formula is C14H17N3O3. The SMILES string of the molecule is OC1CN(Cc2nc(Cc3ccccc3)no2)CC1O. The fraction of sp³-hybridized carbons (Fsp3) is 0.429. The Morgan fingerprint density at radius 2 is 1.85 bits per heavy atom. The second-order valence-corrected chi connectivity index (χ2v) is 5.10. The van der Waals surface area contributed by atoms with Crippen molar-refractivity contribution in [2.24, 2.45) is 0 Å². The molecule has 2 aromatic rings. The Balaban J connectivity index is 1.60. The highest BCUT2D eigenvalue weighted by Crippen LogP contribution is 2.14. The Hall–Kier alpha value is -1.76. The third kappa shape index (κ3) is 3.04. The molecule has 3 rings (SSSR count). The Kier molecular flexibility index (Phi) is 3.77. The van der Waals surface area contributed by atoms with Gasteiger partial charge < -0.3 is 14.7 Å². The van der Waals surface area contributed by atoms with Crippen LogP contribution in [0.2, 0.25) is 0 Å². The first kappa shape index (κ1) is 13.2. The molecule has 1 aromatic heterocycles. The minimum atomic E-state index is -0.693. The molecule has 0 radical (unpaired) electrons. The van der Waals surface area contributed by atoms with Gasteiger partial charge in [0.2, 0.25) is 5.89 Å². The first-order valence-corrected chi connectivity index (χ1v) is 6.64. The van der Waals surface area contributed by atoms with Crippen molar-refractivity contribution in [2.75, 3.05) is 13.1 Å². The number of aliphatic hydroxyl groups is 2. The second kappa shape index (κ2) is 5.70. The predicted octanol–water partition coefficient (Wildman–Crippen LogP) is 0.198. The van der Waals surface area contributed by atoms with Crippen LogP contribution in [-0.4, -0.2) is 50.6 Å². The molecule has 2 heterocycles. The number of β-amino-alcohol motifs (C(OH)–C–C–N with tert-alkyl or cyclic N) is 2. The number of nitrogens with zero attached hydrogens (tertiary/aromatic N) is 3. The van der Waals surface area contributed by atoms with Gasteiger partial charge in [-0.15, -0.1) is 0 Å². The van der Waals surface area contributed by atoms with E-state index >= 15 is 0 Å². The monoisotopic (exact) mass is 275 g/mol. The topological polar surface area (TPSA) is 82.6 Å². The van der Waals surface area contributed by atoms with Gasteiger partial charge in [0.05, 0.1) is 18.8 Å². The number of rotatable bonds is 4. The van der Waals surface area contributed by atoms with E-state index in [-0.39, 0.29) is 0 Å². The summed E-state index contributed by atoms with van der Waals surface area (Å²) in [6.07, 6.45) is -0.751. The van der Waals surface area contributed by atoms with Crippen LogP contribution < -0.4 is 0 Å². The minimum absolute atomic E-state index is 0.428. The van der Waals surface area contributed by atoms with Crippen molar-refractivity contribution >= 4 is 0 Å². The summed E-state index contributed by atoms with van der Waals surface area (Å²) in [5.74, 6) is 1.16. The van der Waals surface area contributed by atoms with E-state index in [0.717, 1.165) is 5.56 Å². The molecule has 1 saturated heterocycles. The minimum Gasteiger partial charge on any atom is -0.389 e. The Morgan fingerprint density at radius 3 is 2.55 bits per heavy atom. The van der Waals surface area contributed by atoms with Crippen LogP contribution in [0.5, 0.6) is 0 Å². The van der Waals surface area contributed by atoms with Gasteiger partial charge in [-0.05, 0) is 5.56 Å². The van der Waals surface area contributed by atoms with Crippen molar-refractivity contribution < 1.29 is 14.7 Å². The first-order valence-electron chi connectivity index (χ1n) is 6.64. The third-order valence-corrected chi connectivity index (χ3v) is 3.41. The van der Waals surface area contributed by atoms with Crippen LogP contribution in [0.3, 0.4) is 0 Å². The maximum Gasteiger partial charge on any atom is 0.240 e. The Bertz CT molecular complexity index is 548. The van der Waals surface area contributed by atoms with E-state index in [4.69, 9.17) is 4.52 Å². The summed E-state index contributed by atoms with van der Waals surface area (Å²) in [6, 6.07) is 9.95. The van der Waals surface area contributed by atoms with E-state index in [1.165, 1.54) is 0 Å². The van der Waals surface area contributed by atoms with E-state index in [2.05, 4.69) is 10.1 Å². The smallest absolute Gasteiger partial charge is 0.240 e. The highest BCUT2D eigenvalue weighted by molar-refractivity contribution is 5.18. The number of hydrogen-bond donors (Lipinski definition) is 2. The van der Waals surface area contributed by atoms with Gasteiger partial charge in [0.15, 0.2) is 5.82 Å². The fourth-order valence-corrected chi connectivity index (χ4v) is 2.37. The van der Waals surface area contributed by atoms with Crippen molar-refractivity contribution in [3.05, 3.63) is 47.6 Å². The van der Waals surface area contributed by atoms with Gasteiger partial charge in [-0.3, -0.25) is 4.90 Å². The van der Waals surface area contributed by atoms with Crippen molar-refractivity contribution in [1.29, 1.82) is 0 Å². The quantitative estimate of drug-likeness (QED) is 0.829. The highest BCUT2D eigenvalue weighted by atomic mass is 16.5. The number of aromatic nitrogens is 2. The largest absolute Gasteiger partial charge is 0.389 e. The van der Waals surface area contributed by atoms with Gasteiger partial charge in [0.25, 0.3) is 0 Å². The molecule has 6 heteroatoms. The van der Waals surface area contributed by atoms with E-state index in [1.807, 2.05) is 35.2 Å². The van der Waals surface area contributed by atoms with Crippen molar-refractivity contribution in [3.63, 3.8) is 0 Å². The van der Waals surface area contributed by atoms with Crippen LogP contribution in [0.4, 0.5) is 0 Å². The molecule has 20 heavy (non-hydrogen) atoms. The molecule has 1 aliphatic rings. The summed E-state index contributed by atoms with van der Waals surface area (Å²) in [4.78, 5) is 6.23. The lowest BCUT2D eigenvalue weighted by Crippen LogP contribution is -2.22. The summed E-state index contributed by atoms with van der Waals surface area (Å²) in [5.41, 5.74) is 1.13. The number of likely N-dealkylation sites (tertiary alicyclic amines) is 1. The molecule has 1 aliphatic heterocycles.